The molecule has 0 aliphatic carbocycles. The average molecular weight is 429 g/mol. The van der Waals surface area contributed by atoms with Crippen LogP contribution in [0.4, 0.5) is 0 Å². The summed E-state index contributed by atoms with van der Waals surface area (Å²) in [5.41, 5.74) is 1.70. The molecule has 1 aliphatic rings. The number of nitrogens with zero attached hydrogens (tertiary/aromatic N) is 4. The quantitative estimate of drug-likeness (QED) is 0.630. The molecule has 2 aromatic rings. The van der Waals surface area contributed by atoms with E-state index in [0.717, 1.165) is 45.4 Å². The molecule has 0 radical (unpaired) electrons. The van der Waals surface area contributed by atoms with Gasteiger partial charge in [-0.3, -0.25) is 4.79 Å². The van der Waals surface area contributed by atoms with Crippen molar-refractivity contribution in [2.24, 2.45) is 0 Å². The highest BCUT2D eigenvalue weighted by molar-refractivity contribution is 5.91. The highest BCUT2D eigenvalue weighted by atomic mass is 35.5. The summed E-state index contributed by atoms with van der Waals surface area (Å²) in [6, 6.07) is 10.7. The molecule has 0 atom stereocenters. The molecule has 156 valence electrons. The van der Waals surface area contributed by atoms with Gasteiger partial charge in [-0.25, -0.2) is 4.68 Å². The second-order valence-corrected chi connectivity index (χ2v) is 6.90. The van der Waals surface area contributed by atoms with Gasteiger partial charge in [-0.1, -0.05) is 35.5 Å². The van der Waals surface area contributed by atoms with E-state index in [0.29, 0.717) is 18.3 Å². The molecule has 0 saturated carbocycles. The number of aromatic nitrogens is 3. The van der Waals surface area contributed by atoms with Crippen molar-refractivity contribution >= 4 is 30.7 Å². The van der Waals surface area contributed by atoms with Crippen molar-refractivity contribution in [2.75, 3.05) is 33.2 Å². The van der Waals surface area contributed by atoms with Crippen molar-refractivity contribution in [3.05, 3.63) is 47.8 Å². The maximum atomic E-state index is 12.2. The van der Waals surface area contributed by atoms with E-state index in [1.54, 1.807) is 6.20 Å². The van der Waals surface area contributed by atoms with Gasteiger partial charge in [0.1, 0.15) is 0 Å². The van der Waals surface area contributed by atoms with Gasteiger partial charge < -0.3 is 15.5 Å². The molecule has 0 unspecified atom stereocenters. The van der Waals surface area contributed by atoms with Gasteiger partial charge in [0.25, 0.3) is 5.91 Å². The van der Waals surface area contributed by atoms with Crippen LogP contribution in [-0.4, -0.2) is 59.0 Å². The zero-order valence-corrected chi connectivity index (χ0v) is 17.8. The summed E-state index contributed by atoms with van der Waals surface area (Å²) >= 11 is 0. The molecule has 1 amide bonds. The largest absolute Gasteiger partial charge is 0.351 e. The number of nitrogens with one attached hydrogen (secondary N) is 2. The summed E-state index contributed by atoms with van der Waals surface area (Å²) in [7, 11) is 2.10. The number of hydrogen-bond acceptors (Lipinski definition) is 5. The fraction of sp³-hybridized carbons (Fsp3) is 0.526. The molecular weight excluding hydrogens is 399 g/mol. The predicted octanol–water partition coefficient (Wildman–Crippen LogP) is 2.30. The summed E-state index contributed by atoms with van der Waals surface area (Å²) in [4.78, 5) is 14.5. The Morgan fingerprint density at radius 3 is 2.68 bits per heavy atom. The van der Waals surface area contributed by atoms with E-state index >= 15 is 0 Å². The molecule has 28 heavy (non-hydrogen) atoms. The third-order valence-corrected chi connectivity index (χ3v) is 4.72. The summed E-state index contributed by atoms with van der Waals surface area (Å²) < 4.78 is 1.84. The van der Waals surface area contributed by atoms with Crippen molar-refractivity contribution in [3.8, 4) is 0 Å². The van der Waals surface area contributed by atoms with Crippen LogP contribution >= 0.6 is 24.8 Å². The first-order valence-electron chi connectivity index (χ1n) is 9.35. The molecule has 7 nitrogen and oxygen atoms in total. The van der Waals surface area contributed by atoms with Gasteiger partial charge in [-0.2, -0.15) is 0 Å². The van der Waals surface area contributed by atoms with E-state index in [1.807, 2.05) is 10.7 Å². The molecule has 0 spiro atoms. The second-order valence-electron chi connectivity index (χ2n) is 6.90. The van der Waals surface area contributed by atoms with Crippen molar-refractivity contribution in [1.29, 1.82) is 0 Å². The molecule has 1 aromatic carbocycles. The SMILES string of the molecule is CN(CCCNC(=O)c1cn(C2CCNCC2)nn1)Cc1ccccc1.Cl.Cl. The van der Waals surface area contributed by atoms with Crippen molar-refractivity contribution < 1.29 is 4.79 Å². The lowest BCUT2D eigenvalue weighted by molar-refractivity contribution is 0.0947. The third kappa shape index (κ3) is 7.39. The van der Waals surface area contributed by atoms with Crippen LogP contribution in [0.25, 0.3) is 0 Å². The molecule has 1 fully saturated rings. The van der Waals surface area contributed by atoms with Gasteiger partial charge in [-0.05, 0) is 51.5 Å². The number of benzene rings is 1. The molecule has 2 heterocycles. The van der Waals surface area contributed by atoms with Gasteiger partial charge in [0.15, 0.2) is 5.69 Å². The van der Waals surface area contributed by atoms with Crippen LogP contribution in [0.2, 0.25) is 0 Å². The maximum absolute atomic E-state index is 12.2. The summed E-state index contributed by atoms with van der Waals surface area (Å²) in [5.74, 6) is -0.143. The van der Waals surface area contributed by atoms with Gasteiger partial charge >= 0.3 is 0 Å². The minimum atomic E-state index is -0.143. The van der Waals surface area contributed by atoms with Gasteiger partial charge in [0.2, 0.25) is 0 Å². The average Bonchev–Trinajstić information content (AvgIpc) is 3.17. The Labute approximate surface area is 179 Å². The summed E-state index contributed by atoms with van der Waals surface area (Å²) in [5, 5.41) is 14.4. The Bertz CT molecular complexity index is 691. The molecule has 3 rings (SSSR count). The van der Waals surface area contributed by atoms with E-state index < -0.39 is 0 Å². The molecule has 1 aromatic heterocycles. The van der Waals surface area contributed by atoms with Crippen LogP contribution in [0.5, 0.6) is 0 Å². The number of amides is 1. The maximum Gasteiger partial charge on any atom is 0.273 e. The number of rotatable bonds is 8. The van der Waals surface area contributed by atoms with Crippen LogP contribution in [0.3, 0.4) is 0 Å². The Kier molecular flexibility index (Phi) is 11.1. The minimum Gasteiger partial charge on any atom is -0.351 e. The van der Waals surface area contributed by atoms with E-state index in [4.69, 9.17) is 0 Å². The van der Waals surface area contributed by atoms with E-state index in [1.165, 1.54) is 5.56 Å². The standard InChI is InChI=1S/C19H28N6O.2ClH/c1-24(14-16-6-3-2-4-7-16)13-5-10-21-19(26)18-15-25(23-22-18)17-8-11-20-12-9-17;;/h2-4,6-7,15,17,20H,5,8-14H2,1H3,(H,21,26);2*1H. The normalized spacial score (nSPS) is 14.2. The van der Waals surface area contributed by atoms with Crippen LogP contribution in [-0.2, 0) is 6.54 Å². The number of hydrogen-bond donors (Lipinski definition) is 2. The lowest BCUT2D eigenvalue weighted by Crippen LogP contribution is -2.30. The zero-order valence-electron chi connectivity index (χ0n) is 16.2. The van der Waals surface area contributed by atoms with Crippen molar-refractivity contribution in [1.82, 2.24) is 30.5 Å². The highest BCUT2D eigenvalue weighted by Gasteiger charge is 2.18. The van der Waals surface area contributed by atoms with Crippen molar-refractivity contribution in [3.63, 3.8) is 0 Å². The topological polar surface area (TPSA) is 75.1 Å². The molecule has 2 N–H and O–H groups in total. The Balaban J connectivity index is 0.00000196. The van der Waals surface area contributed by atoms with Crippen LogP contribution < -0.4 is 10.6 Å². The van der Waals surface area contributed by atoms with E-state index in [9.17, 15) is 4.79 Å². The zero-order chi connectivity index (χ0) is 18.2. The van der Waals surface area contributed by atoms with Crippen LogP contribution in [0.1, 0.15) is 41.4 Å². The smallest absolute Gasteiger partial charge is 0.273 e. The minimum absolute atomic E-state index is 0. The number of carbonyl (C=O) groups is 1. The van der Waals surface area contributed by atoms with Crippen LogP contribution in [0.15, 0.2) is 36.5 Å². The predicted molar refractivity (Wildman–Crippen MR) is 115 cm³/mol. The highest BCUT2D eigenvalue weighted by Crippen LogP contribution is 2.16. The fourth-order valence-corrected chi connectivity index (χ4v) is 3.25. The number of halogens is 2. The fourth-order valence-electron chi connectivity index (χ4n) is 3.25. The Hall–Kier alpha value is -1.67. The lowest BCUT2D eigenvalue weighted by atomic mass is 10.1. The summed E-state index contributed by atoms with van der Waals surface area (Å²) in [6.07, 6.45) is 4.72. The first kappa shape index (κ1) is 24.4. The molecule has 0 bridgehead atoms. The molecule has 1 aliphatic heterocycles. The van der Waals surface area contributed by atoms with Crippen LogP contribution in [0, 0.1) is 0 Å². The number of carbonyl (C=O) groups excluding carboxylic acids is 1. The Morgan fingerprint density at radius 1 is 1.25 bits per heavy atom. The van der Waals surface area contributed by atoms with Gasteiger partial charge in [-0.15, -0.1) is 29.9 Å². The Morgan fingerprint density at radius 2 is 1.96 bits per heavy atom. The monoisotopic (exact) mass is 428 g/mol. The third-order valence-electron chi connectivity index (χ3n) is 4.72. The molecule has 1 saturated heterocycles. The second kappa shape index (κ2) is 12.7. The van der Waals surface area contributed by atoms with E-state index in [2.05, 4.69) is 57.2 Å². The van der Waals surface area contributed by atoms with Gasteiger partial charge in [0, 0.05) is 13.1 Å². The number of piperidine rings is 1. The van der Waals surface area contributed by atoms with Gasteiger partial charge in [0.05, 0.1) is 12.2 Å². The lowest BCUT2D eigenvalue weighted by Gasteiger charge is -2.22. The van der Waals surface area contributed by atoms with Crippen molar-refractivity contribution in [2.45, 2.75) is 31.8 Å². The first-order valence-corrected chi connectivity index (χ1v) is 9.35. The first-order chi connectivity index (χ1) is 12.7. The molecular formula is C19H30Cl2N6O. The summed E-state index contributed by atoms with van der Waals surface area (Å²) in [6.45, 7) is 4.46. The van der Waals surface area contributed by atoms with E-state index in [-0.39, 0.29) is 30.7 Å². The molecule has 9 heteroatoms.